The molecule has 2 amide bonds. The first kappa shape index (κ1) is 28.7. The van der Waals surface area contributed by atoms with Gasteiger partial charge in [-0.25, -0.2) is 8.42 Å². The van der Waals surface area contributed by atoms with Crippen molar-refractivity contribution >= 4 is 50.7 Å². The summed E-state index contributed by atoms with van der Waals surface area (Å²) in [6.45, 7) is 4.90. The summed E-state index contributed by atoms with van der Waals surface area (Å²) in [6.07, 6.45) is 1.69. The molecule has 0 saturated heterocycles. The number of amides is 2. The van der Waals surface area contributed by atoms with Crippen LogP contribution in [0.15, 0.2) is 42.5 Å². The molecule has 0 spiro atoms. The van der Waals surface area contributed by atoms with Gasteiger partial charge < -0.3 is 15.0 Å². The fraction of sp³-hybridized carbons (Fsp3) is 0.417. The molecule has 2 aromatic rings. The predicted octanol–water partition coefficient (Wildman–Crippen LogP) is 4.10. The van der Waals surface area contributed by atoms with Crippen molar-refractivity contribution in [3.8, 4) is 5.75 Å². The van der Waals surface area contributed by atoms with Gasteiger partial charge in [0, 0.05) is 17.6 Å². The van der Waals surface area contributed by atoms with Gasteiger partial charge in [-0.1, -0.05) is 42.3 Å². The van der Waals surface area contributed by atoms with Crippen LogP contribution in [-0.4, -0.2) is 57.1 Å². The first-order valence-corrected chi connectivity index (χ1v) is 13.6. The minimum absolute atomic E-state index is 0.0615. The molecule has 0 aliphatic heterocycles. The smallest absolute Gasteiger partial charge is 0.244 e. The Balaban J connectivity index is 2.44. The first-order valence-electron chi connectivity index (χ1n) is 11.0. The van der Waals surface area contributed by atoms with Gasteiger partial charge in [-0.05, 0) is 56.2 Å². The Kier molecular flexibility index (Phi) is 10.2. The van der Waals surface area contributed by atoms with E-state index in [-0.39, 0.29) is 34.2 Å². The summed E-state index contributed by atoms with van der Waals surface area (Å²) in [6, 6.07) is 10.5. The van der Waals surface area contributed by atoms with E-state index >= 15 is 0 Å². The third-order valence-corrected chi connectivity index (χ3v) is 7.19. The van der Waals surface area contributed by atoms with Gasteiger partial charge in [0.15, 0.2) is 0 Å². The number of hydrogen-bond acceptors (Lipinski definition) is 5. The van der Waals surface area contributed by atoms with Gasteiger partial charge in [0.1, 0.15) is 18.3 Å². The summed E-state index contributed by atoms with van der Waals surface area (Å²) >= 11 is 12.3. The minimum atomic E-state index is -3.92. The fourth-order valence-electron chi connectivity index (χ4n) is 3.29. The van der Waals surface area contributed by atoms with Crippen LogP contribution in [0.1, 0.15) is 32.8 Å². The second-order valence-corrected chi connectivity index (χ2v) is 11.0. The highest BCUT2D eigenvalue weighted by molar-refractivity contribution is 7.92. The van der Waals surface area contributed by atoms with Gasteiger partial charge in [-0.15, -0.1) is 0 Å². The Morgan fingerprint density at radius 2 is 1.80 bits per heavy atom. The maximum absolute atomic E-state index is 13.6. The molecule has 0 saturated carbocycles. The number of carbonyl (C=O) groups is 2. The molecule has 11 heteroatoms. The Bertz CT molecular complexity index is 1160. The van der Waals surface area contributed by atoms with Crippen LogP contribution in [0.2, 0.25) is 10.0 Å². The second kappa shape index (κ2) is 12.5. The normalized spacial score (nSPS) is 13.0. The van der Waals surface area contributed by atoms with E-state index in [1.807, 2.05) is 13.8 Å². The van der Waals surface area contributed by atoms with Crippen molar-refractivity contribution in [2.75, 3.05) is 24.2 Å². The number of rotatable bonds is 11. The van der Waals surface area contributed by atoms with Gasteiger partial charge in [0.25, 0.3) is 0 Å². The molecule has 192 valence electrons. The zero-order valence-electron chi connectivity index (χ0n) is 20.4. The average molecular weight is 545 g/mol. The summed E-state index contributed by atoms with van der Waals surface area (Å²) in [7, 11) is -2.39. The molecule has 2 atom stereocenters. The number of hydrogen-bond donors (Lipinski definition) is 1. The number of carbonyl (C=O) groups excluding carboxylic acids is 2. The van der Waals surface area contributed by atoms with Crippen LogP contribution >= 0.6 is 23.2 Å². The molecular formula is C24H31Cl2N3O5S. The number of anilines is 1. The number of ether oxygens (including phenoxy) is 1. The number of halogens is 2. The molecule has 0 bridgehead atoms. The van der Waals surface area contributed by atoms with E-state index in [1.165, 1.54) is 30.2 Å². The van der Waals surface area contributed by atoms with Gasteiger partial charge in [-0.3, -0.25) is 13.9 Å². The third-order valence-electron chi connectivity index (χ3n) is 5.51. The Morgan fingerprint density at radius 3 is 2.40 bits per heavy atom. The van der Waals surface area contributed by atoms with E-state index in [9.17, 15) is 18.0 Å². The van der Waals surface area contributed by atoms with E-state index in [0.717, 1.165) is 17.0 Å². The van der Waals surface area contributed by atoms with Gasteiger partial charge in [0.05, 0.1) is 24.1 Å². The van der Waals surface area contributed by atoms with Crippen LogP contribution in [0.5, 0.6) is 5.75 Å². The summed E-state index contributed by atoms with van der Waals surface area (Å²) in [5, 5.41) is 3.26. The molecule has 0 aliphatic rings. The van der Waals surface area contributed by atoms with Crippen LogP contribution in [0.25, 0.3) is 0 Å². The molecule has 0 fully saturated rings. The lowest BCUT2D eigenvalue weighted by Crippen LogP contribution is -2.52. The SMILES string of the molecule is CC[C@H](C)NC(=O)[C@@H](C)N(Cc1cccc(OC)c1)C(=O)CN(c1cc(Cl)ccc1Cl)S(C)(=O)=O. The van der Waals surface area contributed by atoms with Crippen molar-refractivity contribution < 1.29 is 22.7 Å². The van der Waals surface area contributed by atoms with Crippen molar-refractivity contribution in [2.45, 2.75) is 45.8 Å². The van der Waals surface area contributed by atoms with E-state index in [4.69, 9.17) is 27.9 Å². The third kappa shape index (κ3) is 8.02. The van der Waals surface area contributed by atoms with Crippen LogP contribution in [0.4, 0.5) is 5.69 Å². The molecule has 0 unspecified atom stereocenters. The number of methoxy groups -OCH3 is 1. The average Bonchev–Trinajstić information content (AvgIpc) is 2.81. The highest BCUT2D eigenvalue weighted by Crippen LogP contribution is 2.31. The highest BCUT2D eigenvalue weighted by Gasteiger charge is 2.31. The zero-order chi connectivity index (χ0) is 26.3. The largest absolute Gasteiger partial charge is 0.497 e. The molecule has 2 aromatic carbocycles. The summed E-state index contributed by atoms with van der Waals surface area (Å²) < 4.78 is 31.4. The maximum atomic E-state index is 13.6. The molecule has 0 heterocycles. The fourth-order valence-corrected chi connectivity index (χ4v) is 4.58. The van der Waals surface area contributed by atoms with Crippen molar-refractivity contribution in [3.05, 3.63) is 58.1 Å². The Labute approximate surface area is 217 Å². The van der Waals surface area contributed by atoms with Crippen LogP contribution in [0, 0.1) is 0 Å². The van der Waals surface area contributed by atoms with Gasteiger partial charge in [0.2, 0.25) is 21.8 Å². The molecule has 2 rings (SSSR count). The molecule has 0 radical (unpaired) electrons. The molecule has 1 N–H and O–H groups in total. The predicted molar refractivity (Wildman–Crippen MR) is 140 cm³/mol. The maximum Gasteiger partial charge on any atom is 0.244 e. The topological polar surface area (TPSA) is 96.0 Å². The lowest BCUT2D eigenvalue weighted by atomic mass is 10.1. The van der Waals surface area contributed by atoms with Gasteiger partial charge in [-0.2, -0.15) is 0 Å². The number of nitrogens with zero attached hydrogens (tertiary/aromatic N) is 2. The number of nitrogens with one attached hydrogen (secondary N) is 1. The summed E-state index contributed by atoms with van der Waals surface area (Å²) in [4.78, 5) is 27.8. The highest BCUT2D eigenvalue weighted by atomic mass is 35.5. The molecule has 0 aromatic heterocycles. The van der Waals surface area contributed by atoms with E-state index in [1.54, 1.807) is 31.2 Å². The summed E-state index contributed by atoms with van der Waals surface area (Å²) in [5.74, 6) is -0.335. The Morgan fingerprint density at radius 1 is 1.11 bits per heavy atom. The van der Waals surface area contributed by atoms with Crippen LogP contribution < -0.4 is 14.4 Å². The van der Waals surface area contributed by atoms with Crippen molar-refractivity contribution in [1.29, 1.82) is 0 Å². The minimum Gasteiger partial charge on any atom is -0.497 e. The molecule has 0 aliphatic carbocycles. The quantitative estimate of drug-likeness (QED) is 0.460. The van der Waals surface area contributed by atoms with Crippen LogP contribution in [0.3, 0.4) is 0 Å². The number of sulfonamides is 1. The van der Waals surface area contributed by atoms with Crippen molar-refractivity contribution in [1.82, 2.24) is 10.2 Å². The lowest BCUT2D eigenvalue weighted by molar-refractivity contribution is -0.139. The standard InChI is InChI=1S/C24H31Cl2N3O5S/c1-6-16(2)27-24(31)17(3)28(14-18-8-7-9-20(12-18)34-4)23(30)15-29(35(5,32)33)22-13-19(25)10-11-21(22)26/h7-13,16-17H,6,14-15H2,1-5H3,(H,27,31)/t16-,17+/m0/s1. The monoisotopic (exact) mass is 543 g/mol. The van der Waals surface area contributed by atoms with E-state index in [2.05, 4.69) is 5.32 Å². The second-order valence-electron chi connectivity index (χ2n) is 8.23. The molecule has 8 nitrogen and oxygen atoms in total. The zero-order valence-corrected chi connectivity index (χ0v) is 22.7. The van der Waals surface area contributed by atoms with E-state index < -0.39 is 28.5 Å². The molecule has 35 heavy (non-hydrogen) atoms. The molecular weight excluding hydrogens is 513 g/mol. The Hall–Kier alpha value is -2.49. The van der Waals surface area contributed by atoms with Crippen molar-refractivity contribution in [2.24, 2.45) is 0 Å². The number of benzene rings is 2. The first-order chi connectivity index (χ1) is 16.4. The lowest BCUT2D eigenvalue weighted by Gasteiger charge is -2.32. The van der Waals surface area contributed by atoms with Gasteiger partial charge >= 0.3 is 0 Å². The van der Waals surface area contributed by atoms with E-state index in [0.29, 0.717) is 11.3 Å². The van der Waals surface area contributed by atoms with Crippen LogP contribution in [-0.2, 0) is 26.2 Å². The van der Waals surface area contributed by atoms with Crippen molar-refractivity contribution in [3.63, 3.8) is 0 Å². The summed E-state index contributed by atoms with van der Waals surface area (Å²) in [5.41, 5.74) is 0.792.